The smallest absolute Gasteiger partial charge is 0.332 e. The van der Waals surface area contributed by atoms with Crippen molar-refractivity contribution in [2.24, 2.45) is 0 Å². The van der Waals surface area contributed by atoms with Gasteiger partial charge in [0.25, 0.3) is 0 Å². The van der Waals surface area contributed by atoms with Crippen molar-refractivity contribution >= 4 is 23.1 Å². The number of nitro groups is 1. The molecule has 1 aromatic carbocycles. The minimum absolute atomic E-state index is 0.108. The Morgan fingerprint density at radius 1 is 1.24 bits per heavy atom. The fraction of sp³-hybridized carbons (Fsp3) is 0.167. The first-order chi connectivity index (χ1) is 9.92. The minimum atomic E-state index is -1.07. The van der Waals surface area contributed by atoms with Gasteiger partial charge >= 0.3 is 5.69 Å². The second-order valence-corrected chi connectivity index (χ2v) is 4.09. The molecule has 2 aromatic rings. The summed E-state index contributed by atoms with van der Waals surface area (Å²) in [6.07, 6.45) is 0. The van der Waals surface area contributed by atoms with Gasteiger partial charge in [0.2, 0.25) is 11.8 Å². The van der Waals surface area contributed by atoms with Crippen LogP contribution in [-0.2, 0) is 0 Å². The third kappa shape index (κ3) is 3.02. The quantitative estimate of drug-likeness (QED) is 0.665. The SMILES string of the molecule is CNc1nc(C)c([N+](=O)[O-])c(Nc2ccc(F)c(F)c2)n1. The molecule has 0 fully saturated rings. The van der Waals surface area contributed by atoms with E-state index in [1.807, 2.05) is 0 Å². The van der Waals surface area contributed by atoms with Gasteiger partial charge < -0.3 is 10.6 Å². The zero-order chi connectivity index (χ0) is 15.6. The molecule has 0 saturated carbocycles. The Morgan fingerprint density at radius 2 is 1.95 bits per heavy atom. The molecule has 2 rings (SSSR count). The molecule has 0 aliphatic heterocycles. The summed E-state index contributed by atoms with van der Waals surface area (Å²) in [7, 11) is 1.56. The van der Waals surface area contributed by atoms with Gasteiger partial charge in [-0.1, -0.05) is 0 Å². The van der Waals surface area contributed by atoms with E-state index in [1.54, 1.807) is 7.05 Å². The molecule has 0 saturated heterocycles. The summed E-state index contributed by atoms with van der Waals surface area (Å²) in [6, 6.07) is 3.05. The summed E-state index contributed by atoms with van der Waals surface area (Å²) in [5.41, 5.74) is -0.0553. The zero-order valence-electron chi connectivity index (χ0n) is 11.1. The predicted octanol–water partition coefficient (Wildman–Crippen LogP) is 2.76. The maximum Gasteiger partial charge on any atom is 0.332 e. The van der Waals surface area contributed by atoms with Crippen molar-refractivity contribution in [3.63, 3.8) is 0 Å². The van der Waals surface area contributed by atoms with E-state index in [0.29, 0.717) is 0 Å². The van der Waals surface area contributed by atoms with Crippen LogP contribution in [0.1, 0.15) is 5.69 Å². The Hall–Kier alpha value is -2.84. The van der Waals surface area contributed by atoms with Crippen molar-refractivity contribution in [2.45, 2.75) is 6.92 Å². The molecule has 1 aromatic heterocycles. The number of aromatic nitrogens is 2. The van der Waals surface area contributed by atoms with Crippen LogP contribution in [0.3, 0.4) is 0 Å². The molecule has 0 bridgehead atoms. The van der Waals surface area contributed by atoms with E-state index in [4.69, 9.17) is 0 Å². The van der Waals surface area contributed by atoms with Gasteiger partial charge in [0.15, 0.2) is 11.6 Å². The van der Waals surface area contributed by atoms with Crippen LogP contribution in [0.25, 0.3) is 0 Å². The van der Waals surface area contributed by atoms with E-state index in [9.17, 15) is 18.9 Å². The monoisotopic (exact) mass is 295 g/mol. The first-order valence-electron chi connectivity index (χ1n) is 5.85. The highest BCUT2D eigenvalue weighted by molar-refractivity contribution is 5.68. The molecule has 2 N–H and O–H groups in total. The molecule has 7 nitrogen and oxygen atoms in total. The first kappa shape index (κ1) is 14.6. The normalized spacial score (nSPS) is 10.3. The lowest BCUT2D eigenvalue weighted by Crippen LogP contribution is -2.07. The van der Waals surface area contributed by atoms with Crippen LogP contribution in [0.5, 0.6) is 0 Å². The van der Waals surface area contributed by atoms with Crippen LogP contribution in [0.15, 0.2) is 18.2 Å². The van der Waals surface area contributed by atoms with Crippen molar-refractivity contribution in [3.8, 4) is 0 Å². The van der Waals surface area contributed by atoms with Gasteiger partial charge in [-0.3, -0.25) is 10.1 Å². The largest absolute Gasteiger partial charge is 0.357 e. The summed E-state index contributed by atoms with van der Waals surface area (Å²) in [5.74, 6) is -2.02. The van der Waals surface area contributed by atoms with Crippen molar-refractivity contribution in [1.29, 1.82) is 0 Å². The predicted molar refractivity (Wildman–Crippen MR) is 72.6 cm³/mol. The van der Waals surface area contributed by atoms with Gasteiger partial charge in [0, 0.05) is 18.8 Å². The standard InChI is InChI=1S/C12H11F2N5O2/c1-6-10(19(20)21)11(18-12(15-2)16-6)17-7-3-4-8(13)9(14)5-7/h3-5H,1-2H3,(H2,15,16,17,18). The second kappa shape index (κ2) is 5.65. The average Bonchev–Trinajstić information content (AvgIpc) is 2.41. The van der Waals surface area contributed by atoms with Crippen LogP contribution < -0.4 is 10.6 Å². The molecule has 110 valence electrons. The van der Waals surface area contributed by atoms with E-state index in [0.717, 1.165) is 12.1 Å². The fourth-order valence-corrected chi connectivity index (χ4v) is 1.70. The molecule has 0 amide bonds. The molecular weight excluding hydrogens is 284 g/mol. The number of benzene rings is 1. The number of aryl methyl sites for hydroxylation is 1. The number of rotatable bonds is 4. The van der Waals surface area contributed by atoms with Gasteiger partial charge in [-0.2, -0.15) is 4.98 Å². The number of anilines is 3. The van der Waals surface area contributed by atoms with Crippen LogP contribution in [0, 0.1) is 28.7 Å². The molecule has 0 aliphatic carbocycles. The number of halogens is 2. The Bertz CT molecular complexity index is 708. The molecule has 0 aliphatic rings. The summed E-state index contributed by atoms with van der Waals surface area (Å²) in [5, 5.41) is 16.3. The van der Waals surface area contributed by atoms with Crippen LogP contribution in [0.4, 0.5) is 31.9 Å². The molecule has 9 heteroatoms. The summed E-state index contributed by atoms with van der Waals surface area (Å²) in [4.78, 5) is 18.3. The fourth-order valence-electron chi connectivity index (χ4n) is 1.70. The topological polar surface area (TPSA) is 93.0 Å². The van der Waals surface area contributed by atoms with Crippen molar-refractivity contribution in [1.82, 2.24) is 9.97 Å². The van der Waals surface area contributed by atoms with Gasteiger partial charge in [0.1, 0.15) is 5.69 Å². The van der Waals surface area contributed by atoms with Crippen LogP contribution in [0.2, 0.25) is 0 Å². The molecule has 21 heavy (non-hydrogen) atoms. The van der Waals surface area contributed by atoms with Gasteiger partial charge in [0.05, 0.1) is 4.92 Å². The highest BCUT2D eigenvalue weighted by Crippen LogP contribution is 2.29. The van der Waals surface area contributed by atoms with E-state index in [1.165, 1.54) is 13.0 Å². The van der Waals surface area contributed by atoms with Gasteiger partial charge in [-0.15, -0.1) is 0 Å². The molecule has 0 radical (unpaired) electrons. The Kier molecular flexibility index (Phi) is 3.92. The van der Waals surface area contributed by atoms with Crippen LogP contribution in [-0.4, -0.2) is 21.9 Å². The lowest BCUT2D eigenvalue weighted by molar-refractivity contribution is -0.385. The molecule has 0 atom stereocenters. The van der Waals surface area contributed by atoms with E-state index >= 15 is 0 Å². The third-order valence-electron chi connectivity index (χ3n) is 2.65. The van der Waals surface area contributed by atoms with E-state index in [-0.39, 0.29) is 28.8 Å². The summed E-state index contributed by atoms with van der Waals surface area (Å²) >= 11 is 0. The number of hydrogen-bond donors (Lipinski definition) is 2. The van der Waals surface area contributed by atoms with Crippen molar-refractivity contribution in [2.75, 3.05) is 17.7 Å². The van der Waals surface area contributed by atoms with Crippen molar-refractivity contribution in [3.05, 3.63) is 45.6 Å². The molecule has 0 unspecified atom stereocenters. The van der Waals surface area contributed by atoms with Gasteiger partial charge in [-0.05, 0) is 19.1 Å². The first-order valence-corrected chi connectivity index (χ1v) is 5.85. The average molecular weight is 295 g/mol. The Balaban J connectivity index is 2.48. The summed E-state index contributed by atoms with van der Waals surface area (Å²) < 4.78 is 26.1. The Labute approximate surface area is 118 Å². The minimum Gasteiger partial charge on any atom is -0.357 e. The number of hydrogen-bond acceptors (Lipinski definition) is 6. The maximum absolute atomic E-state index is 13.2. The van der Waals surface area contributed by atoms with Gasteiger partial charge in [-0.25, -0.2) is 13.8 Å². The number of nitrogens with zero attached hydrogens (tertiary/aromatic N) is 3. The van der Waals surface area contributed by atoms with Crippen LogP contribution >= 0.6 is 0 Å². The zero-order valence-corrected chi connectivity index (χ0v) is 11.1. The molecular formula is C12H11F2N5O2. The highest BCUT2D eigenvalue weighted by atomic mass is 19.2. The molecule has 1 heterocycles. The maximum atomic E-state index is 13.2. The second-order valence-electron chi connectivity index (χ2n) is 4.09. The third-order valence-corrected chi connectivity index (χ3v) is 2.65. The molecule has 0 spiro atoms. The lowest BCUT2D eigenvalue weighted by Gasteiger charge is -2.09. The summed E-state index contributed by atoms with van der Waals surface area (Å²) in [6.45, 7) is 1.46. The number of nitrogens with one attached hydrogen (secondary N) is 2. The lowest BCUT2D eigenvalue weighted by atomic mass is 10.3. The van der Waals surface area contributed by atoms with E-state index < -0.39 is 16.6 Å². The highest BCUT2D eigenvalue weighted by Gasteiger charge is 2.22. The van der Waals surface area contributed by atoms with E-state index in [2.05, 4.69) is 20.6 Å². The Morgan fingerprint density at radius 3 is 2.52 bits per heavy atom. The van der Waals surface area contributed by atoms with Crippen molar-refractivity contribution < 1.29 is 13.7 Å².